The zero-order valence-corrected chi connectivity index (χ0v) is 8.62. The Morgan fingerprint density at radius 2 is 2.33 bits per heavy atom. The fraction of sp³-hybridized carbons (Fsp3) is 0.375. The normalized spacial score (nSPS) is 14.8. The van der Waals surface area contributed by atoms with Gasteiger partial charge in [0, 0.05) is 4.88 Å². The second-order valence-corrected chi connectivity index (χ2v) is 4.33. The Bertz CT molecular complexity index is 289. The maximum Gasteiger partial charge on any atom is 0.0932 e. The molecular formula is C8H11ClN2S. The molecule has 1 heterocycles. The molecular weight excluding hydrogens is 192 g/mol. The Morgan fingerprint density at radius 1 is 1.67 bits per heavy atom. The minimum absolute atomic E-state index is 0.118. The van der Waals surface area contributed by atoms with Gasteiger partial charge in [-0.25, -0.2) is 0 Å². The van der Waals surface area contributed by atoms with Crippen LogP contribution in [0.3, 0.4) is 0 Å². The lowest BCUT2D eigenvalue weighted by Crippen LogP contribution is -2.06. The van der Waals surface area contributed by atoms with Gasteiger partial charge in [-0.3, -0.25) is 4.99 Å². The van der Waals surface area contributed by atoms with E-state index in [4.69, 9.17) is 17.3 Å². The van der Waals surface area contributed by atoms with Crippen LogP contribution in [0.1, 0.15) is 24.8 Å². The van der Waals surface area contributed by atoms with Gasteiger partial charge in [0.2, 0.25) is 0 Å². The van der Waals surface area contributed by atoms with Crippen LogP contribution in [0.4, 0.5) is 0 Å². The van der Waals surface area contributed by atoms with Crippen LogP contribution in [0.5, 0.6) is 0 Å². The predicted molar refractivity (Wildman–Crippen MR) is 55.0 cm³/mol. The Kier molecular flexibility index (Phi) is 3.12. The van der Waals surface area contributed by atoms with Crippen LogP contribution in [0.15, 0.2) is 17.1 Å². The smallest absolute Gasteiger partial charge is 0.0932 e. The molecule has 1 aromatic rings. The maximum atomic E-state index is 5.78. The van der Waals surface area contributed by atoms with Crippen LogP contribution >= 0.6 is 22.9 Å². The van der Waals surface area contributed by atoms with Crippen molar-refractivity contribution in [3.8, 4) is 0 Å². The minimum Gasteiger partial charge on any atom is -0.388 e. The SMILES string of the molecule is CC(N)=NC(C)c1ccc(Cl)s1. The number of hydrogen-bond donors (Lipinski definition) is 1. The highest BCUT2D eigenvalue weighted by atomic mass is 35.5. The number of thiophene rings is 1. The van der Waals surface area contributed by atoms with E-state index in [1.807, 2.05) is 19.1 Å². The summed E-state index contributed by atoms with van der Waals surface area (Å²) >= 11 is 7.32. The van der Waals surface area contributed by atoms with Gasteiger partial charge in [0.1, 0.15) is 0 Å². The molecule has 12 heavy (non-hydrogen) atoms. The molecule has 0 bridgehead atoms. The van der Waals surface area contributed by atoms with Gasteiger partial charge in [-0.2, -0.15) is 0 Å². The summed E-state index contributed by atoms with van der Waals surface area (Å²) in [5, 5.41) is 0. The van der Waals surface area contributed by atoms with E-state index >= 15 is 0 Å². The minimum atomic E-state index is 0.118. The molecule has 0 saturated heterocycles. The lowest BCUT2D eigenvalue weighted by Gasteiger charge is -2.02. The molecule has 0 aromatic carbocycles. The molecule has 2 nitrogen and oxygen atoms in total. The fourth-order valence-corrected chi connectivity index (χ4v) is 1.97. The van der Waals surface area contributed by atoms with E-state index in [1.165, 1.54) is 0 Å². The maximum absolute atomic E-state index is 5.78. The first-order valence-corrected chi connectivity index (χ1v) is 4.84. The molecule has 0 aliphatic heterocycles. The lowest BCUT2D eigenvalue weighted by atomic mass is 10.3. The summed E-state index contributed by atoms with van der Waals surface area (Å²) in [4.78, 5) is 5.35. The zero-order valence-electron chi connectivity index (χ0n) is 7.04. The van der Waals surface area contributed by atoms with E-state index in [0.29, 0.717) is 5.84 Å². The van der Waals surface area contributed by atoms with Crippen molar-refractivity contribution in [1.82, 2.24) is 0 Å². The molecule has 1 rings (SSSR count). The van der Waals surface area contributed by atoms with E-state index < -0.39 is 0 Å². The Balaban J connectivity index is 2.78. The second-order valence-electron chi connectivity index (χ2n) is 2.59. The van der Waals surface area contributed by atoms with Crippen LogP contribution in [-0.2, 0) is 0 Å². The van der Waals surface area contributed by atoms with Crippen molar-refractivity contribution >= 4 is 28.8 Å². The molecule has 0 aliphatic rings. The number of hydrogen-bond acceptors (Lipinski definition) is 2. The van der Waals surface area contributed by atoms with E-state index in [2.05, 4.69) is 4.99 Å². The first-order chi connectivity index (χ1) is 5.59. The third-order valence-electron chi connectivity index (χ3n) is 1.40. The van der Waals surface area contributed by atoms with Crippen molar-refractivity contribution in [3.63, 3.8) is 0 Å². The van der Waals surface area contributed by atoms with E-state index in [0.717, 1.165) is 9.21 Å². The van der Waals surface area contributed by atoms with Crippen LogP contribution in [0.2, 0.25) is 4.34 Å². The molecule has 1 atom stereocenters. The standard InChI is InChI=1S/C8H11ClN2S/c1-5(11-6(2)10)7-3-4-8(9)12-7/h3-5H,1-2H3,(H2,10,11). The highest BCUT2D eigenvalue weighted by molar-refractivity contribution is 7.16. The van der Waals surface area contributed by atoms with Crippen molar-refractivity contribution in [2.45, 2.75) is 19.9 Å². The van der Waals surface area contributed by atoms with Gasteiger partial charge in [0.15, 0.2) is 0 Å². The molecule has 0 aliphatic carbocycles. The zero-order chi connectivity index (χ0) is 9.14. The summed E-state index contributed by atoms with van der Waals surface area (Å²) in [6.45, 7) is 3.78. The molecule has 0 radical (unpaired) electrons. The van der Waals surface area contributed by atoms with E-state index in [-0.39, 0.29) is 6.04 Å². The number of aliphatic imine (C=N–C) groups is 1. The third-order valence-corrected chi connectivity index (χ3v) is 2.80. The number of halogens is 1. The molecule has 2 N–H and O–H groups in total. The summed E-state index contributed by atoms with van der Waals surface area (Å²) in [6, 6.07) is 3.97. The predicted octanol–water partition coefficient (Wildman–Crippen LogP) is 2.84. The molecule has 1 unspecified atom stereocenters. The molecule has 0 saturated carbocycles. The van der Waals surface area contributed by atoms with Gasteiger partial charge in [-0.05, 0) is 26.0 Å². The van der Waals surface area contributed by atoms with Gasteiger partial charge in [0.25, 0.3) is 0 Å². The number of rotatable bonds is 2. The summed E-state index contributed by atoms with van der Waals surface area (Å²) in [6.07, 6.45) is 0. The number of amidine groups is 1. The first kappa shape index (κ1) is 9.55. The van der Waals surface area contributed by atoms with Crippen LogP contribution < -0.4 is 5.73 Å². The number of nitrogens with zero attached hydrogens (tertiary/aromatic N) is 1. The quantitative estimate of drug-likeness (QED) is 0.581. The molecule has 66 valence electrons. The van der Waals surface area contributed by atoms with Crippen molar-refractivity contribution in [2.24, 2.45) is 10.7 Å². The summed E-state index contributed by atoms with van der Waals surface area (Å²) in [5.41, 5.74) is 5.46. The topological polar surface area (TPSA) is 38.4 Å². The van der Waals surface area contributed by atoms with Gasteiger partial charge in [0.05, 0.1) is 16.2 Å². The average Bonchev–Trinajstić information content (AvgIpc) is 2.34. The number of nitrogens with two attached hydrogens (primary N) is 1. The summed E-state index contributed by atoms with van der Waals surface area (Å²) in [7, 11) is 0. The molecule has 0 amide bonds. The van der Waals surface area contributed by atoms with Gasteiger partial charge in [-0.1, -0.05) is 11.6 Å². The van der Waals surface area contributed by atoms with Crippen molar-refractivity contribution in [3.05, 3.63) is 21.3 Å². The highest BCUT2D eigenvalue weighted by Gasteiger charge is 2.05. The lowest BCUT2D eigenvalue weighted by molar-refractivity contribution is 0.837. The Hall–Kier alpha value is -0.540. The van der Waals surface area contributed by atoms with Crippen LogP contribution in [0.25, 0.3) is 0 Å². The van der Waals surface area contributed by atoms with Crippen molar-refractivity contribution in [2.75, 3.05) is 0 Å². The molecule has 1 aromatic heterocycles. The monoisotopic (exact) mass is 202 g/mol. The largest absolute Gasteiger partial charge is 0.388 e. The van der Waals surface area contributed by atoms with Crippen molar-refractivity contribution in [1.29, 1.82) is 0 Å². The van der Waals surface area contributed by atoms with Gasteiger partial charge >= 0.3 is 0 Å². The van der Waals surface area contributed by atoms with Crippen molar-refractivity contribution < 1.29 is 0 Å². The van der Waals surface area contributed by atoms with Crippen LogP contribution in [0, 0.1) is 0 Å². The summed E-state index contributed by atoms with van der Waals surface area (Å²) in [5.74, 6) is 0.604. The molecule has 4 heteroatoms. The van der Waals surface area contributed by atoms with E-state index in [1.54, 1.807) is 18.3 Å². The molecule has 0 fully saturated rings. The first-order valence-electron chi connectivity index (χ1n) is 3.64. The van der Waals surface area contributed by atoms with Gasteiger partial charge < -0.3 is 5.73 Å². The van der Waals surface area contributed by atoms with Crippen LogP contribution in [-0.4, -0.2) is 5.84 Å². The fourth-order valence-electron chi connectivity index (χ4n) is 0.922. The highest BCUT2D eigenvalue weighted by Crippen LogP contribution is 2.28. The van der Waals surface area contributed by atoms with Gasteiger partial charge in [-0.15, -0.1) is 11.3 Å². The van der Waals surface area contributed by atoms with E-state index in [9.17, 15) is 0 Å². The Morgan fingerprint density at radius 3 is 2.75 bits per heavy atom. The third kappa shape index (κ3) is 2.50. The second kappa shape index (κ2) is 3.92. The Labute approximate surface area is 81.1 Å². The average molecular weight is 203 g/mol. The molecule has 0 spiro atoms. The summed E-state index contributed by atoms with van der Waals surface area (Å²) < 4.78 is 0.793.